The molecule has 3 N–H and O–H groups in total. The van der Waals surface area contributed by atoms with Crippen LogP contribution in [0.25, 0.3) is 33.5 Å². The molecule has 1 aromatic carbocycles. The largest absolute Gasteiger partial charge is 0.382 e. The first-order valence-corrected chi connectivity index (χ1v) is 9.80. The van der Waals surface area contributed by atoms with Gasteiger partial charge in [0.05, 0.1) is 16.9 Å². The van der Waals surface area contributed by atoms with E-state index in [4.69, 9.17) is 7.10 Å². The highest BCUT2D eigenvalue weighted by Crippen LogP contribution is 2.34. The number of nitrogen functional groups attached to an aromatic ring is 1. The van der Waals surface area contributed by atoms with Crippen molar-refractivity contribution in [3.8, 4) is 22.5 Å². The van der Waals surface area contributed by atoms with E-state index in [0.717, 1.165) is 16.8 Å². The molecule has 156 valence electrons. The molecule has 0 saturated carbocycles. The van der Waals surface area contributed by atoms with E-state index in [9.17, 15) is 9.90 Å². The molecule has 4 aromatic rings. The Labute approximate surface area is 179 Å². The minimum Gasteiger partial charge on any atom is -0.382 e. The lowest BCUT2D eigenvalue weighted by Crippen LogP contribution is -2.36. The predicted octanol–water partition coefficient (Wildman–Crippen LogP) is 1.72. The predicted molar refractivity (Wildman–Crippen MR) is 116 cm³/mol. The molecule has 1 saturated heterocycles. The van der Waals surface area contributed by atoms with Crippen LogP contribution in [0.2, 0.25) is 0 Å². The number of nitrogens with two attached hydrogens (primary N) is 1. The van der Waals surface area contributed by atoms with Crippen LogP contribution < -0.4 is 5.73 Å². The van der Waals surface area contributed by atoms with Crippen molar-refractivity contribution in [1.82, 2.24) is 29.6 Å². The number of amides is 1. The van der Waals surface area contributed by atoms with Gasteiger partial charge in [-0.2, -0.15) is 5.10 Å². The van der Waals surface area contributed by atoms with Gasteiger partial charge >= 0.3 is 0 Å². The van der Waals surface area contributed by atoms with E-state index in [0.29, 0.717) is 35.4 Å². The Balaban J connectivity index is 1.55. The standard InChI is InChI=1S/C22H21N7O2/c1-28-9-8-22(31,21(28)30)18-11-17(29(2)27-18)14-5-3-4-13(10-14)15-6-7-16-19(26-15)20(23)25-12-24-16/h3-7,10-12,31H,8-9H2,1-2H3,(H2,23,24,25)/t22-/m0/s1/i12D. The molecular formula is C22H21N7O2. The number of rotatable bonds is 3. The van der Waals surface area contributed by atoms with Crippen LogP contribution in [0.15, 0.2) is 48.8 Å². The Morgan fingerprint density at radius 3 is 2.74 bits per heavy atom. The lowest BCUT2D eigenvalue weighted by Gasteiger charge is -2.17. The summed E-state index contributed by atoms with van der Waals surface area (Å²) in [5, 5.41) is 15.4. The molecule has 0 spiro atoms. The van der Waals surface area contributed by atoms with Crippen molar-refractivity contribution in [2.45, 2.75) is 12.0 Å². The van der Waals surface area contributed by atoms with Gasteiger partial charge in [-0.1, -0.05) is 18.2 Å². The van der Waals surface area contributed by atoms with Gasteiger partial charge < -0.3 is 15.7 Å². The summed E-state index contributed by atoms with van der Waals surface area (Å²) < 4.78 is 9.26. The molecule has 1 aliphatic heterocycles. The zero-order valence-corrected chi connectivity index (χ0v) is 17.1. The molecule has 5 rings (SSSR count). The van der Waals surface area contributed by atoms with Gasteiger partial charge in [-0.3, -0.25) is 9.48 Å². The minimum atomic E-state index is -1.60. The summed E-state index contributed by atoms with van der Waals surface area (Å²) >= 11 is 0. The molecule has 9 nitrogen and oxygen atoms in total. The van der Waals surface area contributed by atoms with E-state index in [2.05, 4.69) is 20.1 Å². The third kappa shape index (κ3) is 3.01. The summed E-state index contributed by atoms with van der Waals surface area (Å²) in [6, 6.07) is 13.1. The number of benzene rings is 1. The van der Waals surface area contributed by atoms with Crippen molar-refractivity contribution in [1.29, 1.82) is 0 Å². The van der Waals surface area contributed by atoms with Crippen molar-refractivity contribution in [3.05, 3.63) is 54.5 Å². The van der Waals surface area contributed by atoms with E-state index >= 15 is 0 Å². The number of aliphatic hydroxyl groups is 1. The van der Waals surface area contributed by atoms with Crippen LogP contribution in [0.3, 0.4) is 0 Å². The molecule has 0 bridgehead atoms. The lowest BCUT2D eigenvalue weighted by molar-refractivity contribution is -0.143. The van der Waals surface area contributed by atoms with Crippen molar-refractivity contribution in [3.63, 3.8) is 0 Å². The van der Waals surface area contributed by atoms with Gasteiger partial charge in [0.2, 0.25) is 0 Å². The molecule has 1 amide bonds. The first kappa shape index (κ1) is 18.0. The Hall–Kier alpha value is -3.85. The number of hydrogen-bond donors (Lipinski definition) is 2. The van der Waals surface area contributed by atoms with Gasteiger partial charge in [-0.15, -0.1) is 0 Å². The second kappa shape index (κ2) is 6.85. The summed E-state index contributed by atoms with van der Waals surface area (Å²) in [5.74, 6) is -0.180. The van der Waals surface area contributed by atoms with Crippen LogP contribution in [-0.2, 0) is 17.4 Å². The van der Waals surface area contributed by atoms with Gasteiger partial charge in [0, 0.05) is 38.2 Å². The van der Waals surface area contributed by atoms with Gasteiger partial charge in [-0.05, 0) is 24.3 Å². The minimum absolute atomic E-state index is 0.146. The van der Waals surface area contributed by atoms with E-state index in [1.54, 1.807) is 30.9 Å². The molecule has 3 aromatic heterocycles. The smallest absolute Gasteiger partial charge is 0.260 e. The Morgan fingerprint density at radius 1 is 1.16 bits per heavy atom. The van der Waals surface area contributed by atoms with Crippen LogP contribution >= 0.6 is 0 Å². The second-order valence-corrected chi connectivity index (χ2v) is 7.73. The van der Waals surface area contributed by atoms with E-state index in [1.807, 2.05) is 30.3 Å². The topological polar surface area (TPSA) is 123 Å². The first-order chi connectivity index (χ1) is 15.3. The number of fused-ring (bicyclic) bond motifs is 1. The highest BCUT2D eigenvalue weighted by molar-refractivity contribution is 5.88. The second-order valence-electron chi connectivity index (χ2n) is 7.73. The summed E-state index contributed by atoms with van der Waals surface area (Å²) in [5.41, 5.74) is 8.79. The van der Waals surface area contributed by atoms with Crippen molar-refractivity contribution < 1.29 is 11.3 Å². The van der Waals surface area contributed by atoms with Crippen LogP contribution in [0.4, 0.5) is 5.82 Å². The van der Waals surface area contributed by atoms with E-state index < -0.39 is 5.60 Å². The molecule has 0 radical (unpaired) electrons. The normalized spacial score (nSPS) is 19.3. The maximum absolute atomic E-state index is 12.5. The Bertz CT molecular complexity index is 1390. The molecule has 1 fully saturated rings. The maximum atomic E-state index is 12.5. The number of likely N-dealkylation sites (tertiary alicyclic amines) is 1. The van der Waals surface area contributed by atoms with Gasteiger partial charge in [0.15, 0.2) is 11.4 Å². The number of anilines is 1. The fourth-order valence-corrected chi connectivity index (χ4v) is 3.95. The molecule has 4 heterocycles. The average Bonchev–Trinajstić information content (AvgIpc) is 3.30. The molecule has 1 atom stereocenters. The number of pyridine rings is 1. The zero-order chi connectivity index (χ0) is 22.6. The fraction of sp³-hybridized carbons (Fsp3) is 0.227. The number of aromatic nitrogens is 5. The summed E-state index contributed by atoms with van der Waals surface area (Å²) in [6.07, 6.45) is 0.163. The molecular weight excluding hydrogens is 394 g/mol. The lowest BCUT2D eigenvalue weighted by atomic mass is 9.97. The summed E-state index contributed by atoms with van der Waals surface area (Å²) in [7, 11) is 3.45. The highest BCUT2D eigenvalue weighted by atomic mass is 16.3. The molecule has 9 heteroatoms. The van der Waals surface area contributed by atoms with Crippen molar-refractivity contribution >= 4 is 22.8 Å². The van der Waals surface area contributed by atoms with Crippen LogP contribution in [0, 0.1) is 0 Å². The Morgan fingerprint density at radius 2 is 1.97 bits per heavy atom. The van der Waals surface area contributed by atoms with E-state index in [-0.39, 0.29) is 18.0 Å². The van der Waals surface area contributed by atoms with Gasteiger partial charge in [-0.25, -0.2) is 15.0 Å². The maximum Gasteiger partial charge on any atom is 0.260 e. The van der Waals surface area contributed by atoms with Gasteiger partial charge in [0.25, 0.3) is 5.91 Å². The van der Waals surface area contributed by atoms with Crippen LogP contribution in [0.5, 0.6) is 0 Å². The Kier molecular flexibility index (Phi) is 3.97. The number of carbonyl (C=O) groups excluding carboxylic acids is 1. The highest BCUT2D eigenvalue weighted by Gasteiger charge is 2.47. The molecule has 1 aliphatic rings. The van der Waals surface area contributed by atoms with Crippen molar-refractivity contribution in [2.24, 2.45) is 7.05 Å². The number of carbonyl (C=O) groups is 1. The van der Waals surface area contributed by atoms with Crippen LogP contribution in [-0.4, -0.2) is 54.2 Å². The van der Waals surface area contributed by atoms with Crippen molar-refractivity contribution in [2.75, 3.05) is 19.3 Å². The number of aryl methyl sites for hydroxylation is 1. The fourth-order valence-electron chi connectivity index (χ4n) is 3.95. The average molecular weight is 416 g/mol. The monoisotopic (exact) mass is 416 g/mol. The SMILES string of the molecule is [2H]c1nc(N)c2nc(-c3cccc(-c4cc([C@@]5(O)CCN(C)C5=O)nn4C)c3)ccc2n1. The van der Waals surface area contributed by atoms with Gasteiger partial charge in [0.1, 0.15) is 18.9 Å². The summed E-state index contributed by atoms with van der Waals surface area (Å²) in [6.45, 7) is 0.485. The van der Waals surface area contributed by atoms with Crippen LogP contribution in [0.1, 0.15) is 13.5 Å². The number of hydrogen-bond acceptors (Lipinski definition) is 7. The van der Waals surface area contributed by atoms with E-state index in [1.165, 1.54) is 4.90 Å². The number of likely N-dealkylation sites (N-methyl/N-ethyl adjacent to an activating group) is 1. The molecule has 31 heavy (non-hydrogen) atoms. The first-order valence-electron chi connectivity index (χ1n) is 10.3. The summed E-state index contributed by atoms with van der Waals surface area (Å²) in [4.78, 5) is 26.5. The zero-order valence-electron chi connectivity index (χ0n) is 18.1. The quantitative estimate of drug-likeness (QED) is 0.521. The third-order valence-electron chi connectivity index (χ3n) is 5.72. The third-order valence-corrected chi connectivity index (χ3v) is 5.72. The molecule has 0 aliphatic carbocycles. The number of nitrogens with zero attached hydrogens (tertiary/aromatic N) is 6. The molecule has 0 unspecified atom stereocenters.